The van der Waals surface area contributed by atoms with Crippen LogP contribution in [0.1, 0.15) is 19.4 Å². The first-order chi connectivity index (χ1) is 9.72. The van der Waals surface area contributed by atoms with Gasteiger partial charge in [0.05, 0.1) is 4.88 Å². The lowest BCUT2D eigenvalue weighted by Gasteiger charge is -2.34. The van der Waals surface area contributed by atoms with E-state index in [1.54, 1.807) is 22.7 Å². The lowest BCUT2D eigenvalue weighted by molar-refractivity contribution is 0.0634. The Morgan fingerprint density at radius 3 is 2.60 bits per heavy atom. The third-order valence-electron chi connectivity index (χ3n) is 3.57. The van der Waals surface area contributed by atoms with Crippen LogP contribution >= 0.6 is 22.7 Å². The van der Waals surface area contributed by atoms with Crippen molar-refractivity contribution in [2.24, 2.45) is 0 Å². The quantitative estimate of drug-likeness (QED) is 0.870. The minimum atomic E-state index is 0.193. The van der Waals surface area contributed by atoms with Crippen LogP contribution in [-0.4, -0.2) is 41.9 Å². The fraction of sp³-hybridized carbons (Fsp3) is 0.400. The van der Waals surface area contributed by atoms with Crippen molar-refractivity contribution in [2.75, 3.05) is 26.2 Å². The highest BCUT2D eigenvalue weighted by molar-refractivity contribution is 7.13. The van der Waals surface area contributed by atoms with Crippen molar-refractivity contribution in [3.63, 3.8) is 0 Å². The Kier molecular flexibility index (Phi) is 4.19. The summed E-state index contributed by atoms with van der Waals surface area (Å²) < 4.78 is 0. The number of piperazine rings is 1. The molecule has 20 heavy (non-hydrogen) atoms. The number of hydrogen-bond acceptors (Lipinski definition) is 4. The average Bonchev–Trinajstić information content (AvgIpc) is 3.10. The summed E-state index contributed by atoms with van der Waals surface area (Å²) in [6.45, 7) is 6.66. The summed E-state index contributed by atoms with van der Waals surface area (Å²) >= 11 is 3.39. The molecule has 0 spiro atoms. The van der Waals surface area contributed by atoms with Crippen molar-refractivity contribution in [1.29, 1.82) is 0 Å². The van der Waals surface area contributed by atoms with Gasteiger partial charge in [-0.05, 0) is 30.5 Å². The molecule has 1 fully saturated rings. The van der Waals surface area contributed by atoms with Crippen LogP contribution in [0.3, 0.4) is 0 Å². The summed E-state index contributed by atoms with van der Waals surface area (Å²) in [5.41, 5.74) is 0. The van der Waals surface area contributed by atoms with Gasteiger partial charge in [-0.1, -0.05) is 6.07 Å². The number of thiophene rings is 2. The number of amides is 1. The smallest absolute Gasteiger partial charge is 0.264 e. The average molecular weight is 306 g/mol. The summed E-state index contributed by atoms with van der Waals surface area (Å²) in [7, 11) is 0. The lowest BCUT2D eigenvalue weighted by atomic mass is 10.3. The predicted molar refractivity (Wildman–Crippen MR) is 84.6 cm³/mol. The first-order valence-corrected chi connectivity index (χ1v) is 8.52. The second-order valence-corrected chi connectivity index (χ2v) is 7.38. The van der Waals surface area contributed by atoms with Gasteiger partial charge in [-0.25, -0.2) is 0 Å². The van der Waals surface area contributed by atoms with E-state index in [0.717, 1.165) is 37.6 Å². The minimum Gasteiger partial charge on any atom is -0.335 e. The van der Waals surface area contributed by atoms with Crippen molar-refractivity contribution in [3.8, 4) is 0 Å². The van der Waals surface area contributed by atoms with E-state index in [9.17, 15) is 4.79 Å². The lowest BCUT2D eigenvalue weighted by Crippen LogP contribution is -2.48. The Morgan fingerprint density at radius 1 is 1.20 bits per heavy atom. The van der Waals surface area contributed by atoms with E-state index in [4.69, 9.17) is 0 Å². The molecule has 1 aliphatic rings. The van der Waals surface area contributed by atoms with Gasteiger partial charge in [0.1, 0.15) is 0 Å². The molecule has 0 unspecified atom stereocenters. The number of carbonyl (C=O) groups is 1. The van der Waals surface area contributed by atoms with Crippen LogP contribution in [0, 0.1) is 6.92 Å². The van der Waals surface area contributed by atoms with Crippen molar-refractivity contribution < 1.29 is 4.79 Å². The molecule has 2 aromatic heterocycles. The van der Waals surface area contributed by atoms with Crippen molar-refractivity contribution >= 4 is 28.6 Å². The summed E-state index contributed by atoms with van der Waals surface area (Å²) in [5, 5.41) is 2.12. The molecular formula is C15H18N2OS2. The summed E-state index contributed by atoms with van der Waals surface area (Å²) in [6.07, 6.45) is 0. The molecule has 1 amide bonds. The normalized spacial score (nSPS) is 16.6. The number of nitrogens with zero attached hydrogens (tertiary/aromatic N) is 2. The molecule has 3 heterocycles. The molecule has 0 aromatic carbocycles. The molecule has 0 saturated carbocycles. The number of hydrogen-bond donors (Lipinski definition) is 0. The molecule has 2 aromatic rings. The number of carbonyl (C=O) groups excluding carboxylic acids is 1. The van der Waals surface area contributed by atoms with E-state index >= 15 is 0 Å². The third kappa shape index (κ3) is 3.11. The second kappa shape index (κ2) is 6.08. The van der Waals surface area contributed by atoms with Crippen LogP contribution in [0.15, 0.2) is 29.6 Å². The SMILES string of the molecule is Cc1ccc(C(=O)N2CCN(Cc3cccs3)CC2)s1. The highest BCUT2D eigenvalue weighted by Gasteiger charge is 2.23. The van der Waals surface area contributed by atoms with E-state index in [-0.39, 0.29) is 5.91 Å². The Bertz CT molecular complexity index is 568. The van der Waals surface area contributed by atoms with Gasteiger partial charge in [0.25, 0.3) is 5.91 Å². The fourth-order valence-electron chi connectivity index (χ4n) is 2.44. The van der Waals surface area contributed by atoms with Gasteiger partial charge >= 0.3 is 0 Å². The van der Waals surface area contributed by atoms with Crippen LogP contribution in [0.25, 0.3) is 0 Å². The molecule has 1 saturated heterocycles. The third-order valence-corrected chi connectivity index (χ3v) is 5.42. The van der Waals surface area contributed by atoms with Crippen LogP contribution < -0.4 is 0 Å². The fourth-order valence-corrected chi connectivity index (χ4v) is 4.02. The first kappa shape index (κ1) is 13.8. The zero-order valence-corrected chi connectivity index (χ0v) is 13.2. The molecule has 0 aliphatic carbocycles. The Labute approximate surface area is 127 Å². The zero-order valence-electron chi connectivity index (χ0n) is 11.5. The van der Waals surface area contributed by atoms with Crippen molar-refractivity contribution in [3.05, 3.63) is 44.3 Å². The second-order valence-electron chi connectivity index (χ2n) is 5.06. The Morgan fingerprint density at radius 2 is 2.00 bits per heavy atom. The van der Waals surface area contributed by atoms with Gasteiger partial charge in [-0.3, -0.25) is 9.69 Å². The van der Waals surface area contributed by atoms with Crippen molar-refractivity contribution in [1.82, 2.24) is 9.80 Å². The molecule has 5 heteroatoms. The van der Waals surface area contributed by atoms with E-state index in [1.165, 1.54) is 9.75 Å². The minimum absolute atomic E-state index is 0.193. The maximum absolute atomic E-state index is 12.4. The van der Waals surface area contributed by atoms with Gasteiger partial charge < -0.3 is 4.90 Å². The summed E-state index contributed by atoms with van der Waals surface area (Å²) in [5.74, 6) is 0.193. The predicted octanol–water partition coefficient (Wildman–Crippen LogP) is 3.08. The maximum atomic E-state index is 12.4. The standard InChI is InChI=1S/C15H18N2OS2/c1-12-4-5-14(20-12)15(18)17-8-6-16(7-9-17)11-13-3-2-10-19-13/h2-5,10H,6-9,11H2,1H3. The molecule has 3 rings (SSSR count). The van der Waals surface area contributed by atoms with E-state index in [1.807, 2.05) is 24.0 Å². The molecule has 1 aliphatic heterocycles. The number of rotatable bonds is 3. The maximum Gasteiger partial charge on any atom is 0.264 e. The summed E-state index contributed by atoms with van der Waals surface area (Å²) in [6, 6.07) is 8.24. The molecule has 3 nitrogen and oxygen atoms in total. The van der Waals surface area contributed by atoms with E-state index < -0.39 is 0 Å². The Hall–Kier alpha value is -1.17. The molecule has 0 N–H and O–H groups in total. The first-order valence-electron chi connectivity index (χ1n) is 6.83. The molecule has 106 valence electrons. The molecule has 0 atom stereocenters. The van der Waals surface area contributed by atoms with Crippen LogP contribution in [0.4, 0.5) is 0 Å². The molecular weight excluding hydrogens is 288 g/mol. The number of aryl methyl sites for hydroxylation is 1. The highest BCUT2D eigenvalue weighted by Crippen LogP contribution is 2.19. The molecule has 0 radical (unpaired) electrons. The highest BCUT2D eigenvalue weighted by atomic mass is 32.1. The van der Waals surface area contributed by atoms with Crippen LogP contribution in [-0.2, 0) is 6.54 Å². The topological polar surface area (TPSA) is 23.6 Å². The largest absolute Gasteiger partial charge is 0.335 e. The van der Waals surface area contributed by atoms with E-state index in [0.29, 0.717) is 0 Å². The van der Waals surface area contributed by atoms with Gasteiger partial charge in [-0.15, -0.1) is 22.7 Å². The van der Waals surface area contributed by atoms with Crippen LogP contribution in [0.5, 0.6) is 0 Å². The van der Waals surface area contributed by atoms with Gasteiger partial charge in [0.2, 0.25) is 0 Å². The van der Waals surface area contributed by atoms with Gasteiger partial charge in [-0.2, -0.15) is 0 Å². The zero-order chi connectivity index (χ0) is 13.9. The van der Waals surface area contributed by atoms with Crippen LogP contribution in [0.2, 0.25) is 0 Å². The Balaban J connectivity index is 1.54. The summed E-state index contributed by atoms with van der Waals surface area (Å²) in [4.78, 5) is 20.2. The van der Waals surface area contributed by atoms with Gasteiger partial charge in [0, 0.05) is 42.5 Å². The molecule has 0 bridgehead atoms. The monoisotopic (exact) mass is 306 g/mol. The van der Waals surface area contributed by atoms with Gasteiger partial charge in [0.15, 0.2) is 0 Å². The van der Waals surface area contributed by atoms with E-state index in [2.05, 4.69) is 22.4 Å². The van der Waals surface area contributed by atoms with Crippen molar-refractivity contribution in [2.45, 2.75) is 13.5 Å².